The van der Waals surface area contributed by atoms with Crippen LogP contribution >= 0.6 is 24.0 Å². The predicted octanol–water partition coefficient (Wildman–Crippen LogP) is 3.88. The quantitative estimate of drug-likeness (QED) is 0.791. The van der Waals surface area contributed by atoms with Crippen molar-refractivity contribution in [3.8, 4) is 0 Å². The van der Waals surface area contributed by atoms with Crippen molar-refractivity contribution < 1.29 is 0 Å². The van der Waals surface area contributed by atoms with Gasteiger partial charge in [0.05, 0.1) is 5.69 Å². The number of hydrogen-bond donors (Lipinski definition) is 2. The number of nitrogens with one attached hydrogen (secondary N) is 1. The van der Waals surface area contributed by atoms with E-state index in [1.54, 1.807) is 11.3 Å². The minimum Gasteiger partial charge on any atom is -0.332 e. The van der Waals surface area contributed by atoms with Crippen LogP contribution in [0, 0.1) is 0 Å². The van der Waals surface area contributed by atoms with E-state index in [0.29, 0.717) is 0 Å². The molecule has 0 bridgehead atoms. The van der Waals surface area contributed by atoms with Crippen molar-refractivity contribution in [2.24, 2.45) is 0 Å². The predicted molar refractivity (Wildman–Crippen MR) is 69.2 cm³/mol. The van der Waals surface area contributed by atoms with E-state index >= 15 is 0 Å². The molecule has 1 atom stereocenters. The van der Waals surface area contributed by atoms with Gasteiger partial charge in [0.1, 0.15) is 0 Å². The highest BCUT2D eigenvalue weighted by atomic mass is 32.1. The van der Waals surface area contributed by atoms with Crippen LogP contribution in [0.1, 0.15) is 17.9 Å². The average Bonchev–Trinajstić information content (AvgIpc) is 2.68. The van der Waals surface area contributed by atoms with Crippen LogP contribution in [-0.2, 0) is 0 Å². The molecule has 0 saturated heterocycles. The Labute approximate surface area is 98.8 Å². The summed E-state index contributed by atoms with van der Waals surface area (Å²) in [5.74, 6) is 0. The van der Waals surface area contributed by atoms with E-state index in [1.807, 2.05) is 42.6 Å². The molecule has 1 heterocycles. The molecule has 1 aromatic heterocycles. The first kappa shape index (κ1) is 10.5. The lowest BCUT2D eigenvalue weighted by molar-refractivity contribution is 1.04. The molecule has 2 nitrogen and oxygen atoms in total. The van der Waals surface area contributed by atoms with E-state index in [1.165, 1.54) is 0 Å². The minimum atomic E-state index is 0.188. The van der Waals surface area contributed by atoms with Crippen molar-refractivity contribution in [1.29, 1.82) is 0 Å². The van der Waals surface area contributed by atoms with E-state index in [0.717, 1.165) is 16.5 Å². The third-order valence-electron chi connectivity index (χ3n) is 1.98. The number of thiazole rings is 1. The highest BCUT2D eigenvalue weighted by Crippen LogP contribution is 2.26. The lowest BCUT2D eigenvalue weighted by atomic mass is 10.3. The summed E-state index contributed by atoms with van der Waals surface area (Å²) in [4.78, 5) is 4.44. The number of aromatic nitrogens is 1. The van der Waals surface area contributed by atoms with Crippen molar-refractivity contribution in [2.45, 2.75) is 12.2 Å². The van der Waals surface area contributed by atoms with Gasteiger partial charge >= 0.3 is 0 Å². The highest BCUT2D eigenvalue weighted by molar-refractivity contribution is 7.80. The summed E-state index contributed by atoms with van der Waals surface area (Å²) >= 11 is 5.95. The molecular formula is C11H12N2S2. The van der Waals surface area contributed by atoms with Crippen LogP contribution in [0.25, 0.3) is 0 Å². The normalized spacial score (nSPS) is 12.4. The van der Waals surface area contributed by atoms with Crippen LogP contribution in [0.3, 0.4) is 0 Å². The smallest absolute Gasteiger partial charge is 0.187 e. The lowest BCUT2D eigenvalue weighted by Gasteiger charge is -2.01. The van der Waals surface area contributed by atoms with Crippen LogP contribution in [0.2, 0.25) is 0 Å². The van der Waals surface area contributed by atoms with Crippen LogP contribution in [0.5, 0.6) is 0 Å². The molecule has 4 heteroatoms. The fourth-order valence-corrected chi connectivity index (χ4v) is 2.24. The fourth-order valence-electron chi connectivity index (χ4n) is 1.18. The second kappa shape index (κ2) is 4.68. The molecule has 0 spiro atoms. The number of thiol groups is 1. The van der Waals surface area contributed by atoms with Crippen LogP contribution in [0.4, 0.5) is 10.8 Å². The maximum atomic E-state index is 4.44. The minimum absolute atomic E-state index is 0.188. The Morgan fingerprint density at radius 3 is 2.67 bits per heavy atom. The molecule has 78 valence electrons. The number of anilines is 2. The van der Waals surface area contributed by atoms with Gasteiger partial charge in [-0.05, 0) is 19.1 Å². The van der Waals surface area contributed by atoms with Crippen LogP contribution in [0.15, 0.2) is 35.7 Å². The Balaban J connectivity index is 2.12. The molecule has 0 amide bonds. The molecule has 1 unspecified atom stereocenters. The molecule has 1 aromatic carbocycles. The van der Waals surface area contributed by atoms with Crippen LogP contribution in [-0.4, -0.2) is 4.98 Å². The molecule has 0 saturated carbocycles. The Kier molecular flexibility index (Phi) is 3.28. The van der Waals surface area contributed by atoms with Crippen LogP contribution < -0.4 is 5.32 Å². The second-order valence-electron chi connectivity index (χ2n) is 3.24. The Morgan fingerprint density at radius 2 is 2.07 bits per heavy atom. The monoisotopic (exact) mass is 236 g/mol. The largest absolute Gasteiger partial charge is 0.332 e. The van der Waals surface area contributed by atoms with Gasteiger partial charge in [-0.2, -0.15) is 12.6 Å². The van der Waals surface area contributed by atoms with Gasteiger partial charge in [-0.15, -0.1) is 11.3 Å². The molecule has 0 aliphatic carbocycles. The van der Waals surface area contributed by atoms with Crippen molar-refractivity contribution in [2.75, 3.05) is 5.32 Å². The van der Waals surface area contributed by atoms with E-state index in [9.17, 15) is 0 Å². The summed E-state index contributed by atoms with van der Waals surface area (Å²) in [6, 6.07) is 10.0. The fraction of sp³-hybridized carbons (Fsp3) is 0.182. The van der Waals surface area contributed by atoms with Crippen molar-refractivity contribution in [3.63, 3.8) is 0 Å². The van der Waals surface area contributed by atoms with E-state index in [4.69, 9.17) is 0 Å². The molecule has 0 fully saturated rings. The molecule has 2 rings (SSSR count). The maximum Gasteiger partial charge on any atom is 0.187 e. The van der Waals surface area contributed by atoms with Gasteiger partial charge in [0.15, 0.2) is 5.13 Å². The number of para-hydroxylation sites is 1. The Bertz CT molecular complexity index is 423. The molecule has 0 aliphatic heterocycles. The number of benzene rings is 1. The zero-order valence-corrected chi connectivity index (χ0v) is 10.1. The van der Waals surface area contributed by atoms with Gasteiger partial charge in [-0.3, -0.25) is 0 Å². The highest BCUT2D eigenvalue weighted by Gasteiger charge is 2.05. The van der Waals surface area contributed by atoms with Gasteiger partial charge in [0, 0.05) is 16.3 Å². The standard InChI is InChI=1S/C11H12N2S2/c1-8(14)10-7-15-11(13-10)12-9-5-3-2-4-6-9/h2-8,14H,1H3,(H,12,13). The Morgan fingerprint density at radius 1 is 1.33 bits per heavy atom. The first-order chi connectivity index (χ1) is 7.25. The number of hydrogen-bond acceptors (Lipinski definition) is 4. The molecule has 0 aliphatic rings. The maximum absolute atomic E-state index is 4.44. The van der Waals surface area contributed by atoms with E-state index < -0.39 is 0 Å². The molecule has 15 heavy (non-hydrogen) atoms. The molecule has 1 N–H and O–H groups in total. The lowest BCUT2D eigenvalue weighted by Crippen LogP contribution is -1.90. The van der Waals surface area contributed by atoms with Crippen molar-refractivity contribution in [1.82, 2.24) is 4.98 Å². The first-order valence-corrected chi connectivity index (χ1v) is 6.11. The zero-order chi connectivity index (χ0) is 10.7. The number of nitrogens with zero attached hydrogens (tertiary/aromatic N) is 1. The van der Waals surface area contributed by atoms with E-state index in [-0.39, 0.29) is 5.25 Å². The third-order valence-corrected chi connectivity index (χ3v) is 3.02. The van der Waals surface area contributed by atoms with Crippen molar-refractivity contribution in [3.05, 3.63) is 41.4 Å². The van der Waals surface area contributed by atoms with Gasteiger partial charge < -0.3 is 5.32 Å². The number of rotatable bonds is 3. The average molecular weight is 236 g/mol. The zero-order valence-electron chi connectivity index (χ0n) is 8.34. The Hall–Kier alpha value is -1.00. The summed E-state index contributed by atoms with van der Waals surface area (Å²) in [7, 11) is 0. The molecular weight excluding hydrogens is 224 g/mol. The first-order valence-electron chi connectivity index (χ1n) is 4.71. The van der Waals surface area contributed by atoms with Gasteiger partial charge in [-0.1, -0.05) is 18.2 Å². The van der Waals surface area contributed by atoms with E-state index in [2.05, 4.69) is 22.9 Å². The molecule has 2 aromatic rings. The third kappa shape index (κ3) is 2.73. The summed E-state index contributed by atoms with van der Waals surface area (Å²) in [6.45, 7) is 2.02. The van der Waals surface area contributed by atoms with Gasteiger partial charge in [0.25, 0.3) is 0 Å². The molecule has 0 radical (unpaired) electrons. The summed E-state index contributed by atoms with van der Waals surface area (Å²) in [5.41, 5.74) is 2.08. The van der Waals surface area contributed by atoms with Gasteiger partial charge in [-0.25, -0.2) is 4.98 Å². The van der Waals surface area contributed by atoms with Crippen molar-refractivity contribution >= 4 is 34.8 Å². The summed E-state index contributed by atoms with van der Waals surface area (Å²) in [5, 5.41) is 6.38. The topological polar surface area (TPSA) is 24.9 Å². The second-order valence-corrected chi connectivity index (χ2v) is 4.88. The summed E-state index contributed by atoms with van der Waals surface area (Å²) in [6.07, 6.45) is 0. The van der Waals surface area contributed by atoms with Gasteiger partial charge in [0.2, 0.25) is 0 Å². The summed E-state index contributed by atoms with van der Waals surface area (Å²) < 4.78 is 0. The SMILES string of the molecule is CC(S)c1csc(Nc2ccccc2)n1.